The van der Waals surface area contributed by atoms with Crippen LogP contribution in [-0.2, 0) is 13.7 Å². The Morgan fingerprint density at radius 1 is 1.41 bits per heavy atom. The van der Waals surface area contributed by atoms with Crippen LogP contribution >= 0.6 is 11.6 Å². The lowest BCUT2D eigenvalue weighted by Crippen LogP contribution is -2.03. The van der Waals surface area contributed by atoms with Crippen molar-refractivity contribution in [2.45, 2.75) is 13.5 Å². The van der Waals surface area contributed by atoms with Gasteiger partial charge in [-0.25, -0.2) is 4.39 Å². The standard InChI is InChI=1S/C12H12ClFN2O/c1-8-5-9(16(2)15-8)7-17-10-3-4-11(13)12(14)6-10/h3-6H,7H2,1-2H3. The summed E-state index contributed by atoms with van der Waals surface area (Å²) in [5.74, 6) is -0.0314. The summed E-state index contributed by atoms with van der Waals surface area (Å²) in [6.45, 7) is 2.25. The second-order valence-corrected chi connectivity index (χ2v) is 4.17. The number of benzene rings is 1. The van der Waals surface area contributed by atoms with Gasteiger partial charge in [0.1, 0.15) is 18.2 Å². The average Bonchev–Trinajstić information content (AvgIpc) is 2.59. The van der Waals surface area contributed by atoms with Crippen LogP contribution in [0.1, 0.15) is 11.4 Å². The van der Waals surface area contributed by atoms with E-state index in [0.29, 0.717) is 12.4 Å². The summed E-state index contributed by atoms with van der Waals surface area (Å²) in [5.41, 5.74) is 1.85. The van der Waals surface area contributed by atoms with E-state index in [1.807, 2.05) is 20.0 Å². The SMILES string of the molecule is Cc1cc(COc2ccc(Cl)c(F)c2)n(C)n1. The molecule has 0 atom stereocenters. The Bertz CT molecular complexity index is 539. The number of ether oxygens (including phenoxy) is 1. The molecule has 0 saturated heterocycles. The van der Waals surface area contributed by atoms with Gasteiger partial charge in [0.15, 0.2) is 0 Å². The van der Waals surface area contributed by atoms with E-state index in [1.54, 1.807) is 10.7 Å². The normalized spacial score (nSPS) is 10.6. The maximum atomic E-state index is 13.2. The molecule has 0 bridgehead atoms. The lowest BCUT2D eigenvalue weighted by Gasteiger charge is -2.06. The maximum Gasteiger partial charge on any atom is 0.145 e. The van der Waals surface area contributed by atoms with E-state index in [9.17, 15) is 4.39 Å². The molecule has 0 amide bonds. The minimum Gasteiger partial charge on any atom is -0.487 e. The average molecular weight is 255 g/mol. The first-order valence-corrected chi connectivity index (χ1v) is 5.51. The molecule has 0 fully saturated rings. The molecule has 90 valence electrons. The second kappa shape index (κ2) is 4.75. The van der Waals surface area contributed by atoms with Gasteiger partial charge in [0, 0.05) is 13.1 Å². The molecular formula is C12H12ClFN2O. The highest BCUT2D eigenvalue weighted by Gasteiger charge is 2.05. The third kappa shape index (κ3) is 2.77. The molecule has 2 rings (SSSR count). The van der Waals surface area contributed by atoms with Crippen molar-refractivity contribution in [1.29, 1.82) is 0 Å². The van der Waals surface area contributed by atoms with Crippen LogP contribution in [0.25, 0.3) is 0 Å². The highest BCUT2D eigenvalue weighted by molar-refractivity contribution is 6.30. The smallest absolute Gasteiger partial charge is 0.145 e. The molecule has 1 aromatic heterocycles. The Balaban J connectivity index is 2.07. The van der Waals surface area contributed by atoms with Crippen molar-refractivity contribution in [2.75, 3.05) is 0 Å². The molecule has 1 aromatic carbocycles. The van der Waals surface area contributed by atoms with Gasteiger partial charge in [-0.2, -0.15) is 5.10 Å². The predicted octanol–water partition coefficient (Wildman–Crippen LogP) is 3.10. The number of aryl methyl sites for hydroxylation is 2. The van der Waals surface area contributed by atoms with Gasteiger partial charge >= 0.3 is 0 Å². The van der Waals surface area contributed by atoms with Gasteiger partial charge in [0.25, 0.3) is 0 Å². The Hall–Kier alpha value is -1.55. The number of aromatic nitrogens is 2. The zero-order valence-corrected chi connectivity index (χ0v) is 10.3. The van der Waals surface area contributed by atoms with Crippen LogP contribution in [0.4, 0.5) is 4.39 Å². The topological polar surface area (TPSA) is 27.1 Å². The van der Waals surface area contributed by atoms with Crippen molar-refractivity contribution in [3.63, 3.8) is 0 Å². The molecule has 0 N–H and O–H groups in total. The Morgan fingerprint density at radius 2 is 2.18 bits per heavy atom. The lowest BCUT2D eigenvalue weighted by molar-refractivity contribution is 0.293. The van der Waals surface area contributed by atoms with Crippen molar-refractivity contribution in [2.24, 2.45) is 7.05 Å². The molecule has 5 heteroatoms. The first-order chi connectivity index (χ1) is 8.06. The first-order valence-electron chi connectivity index (χ1n) is 5.13. The van der Waals surface area contributed by atoms with E-state index < -0.39 is 5.82 Å². The van der Waals surface area contributed by atoms with Gasteiger partial charge in [-0.1, -0.05) is 11.6 Å². The van der Waals surface area contributed by atoms with Crippen LogP contribution < -0.4 is 4.74 Å². The molecule has 0 unspecified atom stereocenters. The molecule has 1 heterocycles. The summed E-state index contributed by atoms with van der Waals surface area (Å²) < 4.78 is 20.4. The van der Waals surface area contributed by atoms with E-state index in [1.165, 1.54) is 12.1 Å². The number of hydrogen-bond acceptors (Lipinski definition) is 2. The molecule has 3 nitrogen and oxygen atoms in total. The van der Waals surface area contributed by atoms with Crippen LogP contribution in [0.2, 0.25) is 5.02 Å². The van der Waals surface area contributed by atoms with Crippen LogP contribution in [0.5, 0.6) is 5.75 Å². The highest BCUT2D eigenvalue weighted by atomic mass is 35.5. The molecule has 0 aliphatic carbocycles. The minimum atomic E-state index is -0.481. The van der Waals surface area contributed by atoms with Crippen LogP contribution in [0, 0.1) is 12.7 Å². The van der Waals surface area contributed by atoms with E-state index in [0.717, 1.165) is 11.4 Å². The zero-order valence-electron chi connectivity index (χ0n) is 9.58. The number of hydrogen-bond donors (Lipinski definition) is 0. The third-order valence-electron chi connectivity index (χ3n) is 2.38. The molecule has 2 aromatic rings. The first kappa shape index (κ1) is 11.9. The summed E-state index contributed by atoms with van der Waals surface area (Å²) in [6.07, 6.45) is 0. The second-order valence-electron chi connectivity index (χ2n) is 3.77. The summed E-state index contributed by atoms with van der Waals surface area (Å²) >= 11 is 5.58. The van der Waals surface area contributed by atoms with Gasteiger partial charge in [-0.15, -0.1) is 0 Å². The lowest BCUT2D eigenvalue weighted by atomic mass is 10.3. The fraction of sp³-hybridized carbons (Fsp3) is 0.250. The van der Waals surface area contributed by atoms with Crippen LogP contribution in [0.15, 0.2) is 24.3 Å². The van der Waals surface area contributed by atoms with Crippen molar-refractivity contribution >= 4 is 11.6 Å². The number of nitrogens with zero attached hydrogens (tertiary/aromatic N) is 2. The fourth-order valence-corrected chi connectivity index (χ4v) is 1.64. The minimum absolute atomic E-state index is 0.0914. The summed E-state index contributed by atoms with van der Waals surface area (Å²) in [4.78, 5) is 0. The molecular weight excluding hydrogens is 243 g/mol. The van der Waals surface area contributed by atoms with Gasteiger partial charge < -0.3 is 4.74 Å². The Morgan fingerprint density at radius 3 is 2.76 bits per heavy atom. The maximum absolute atomic E-state index is 13.2. The van der Waals surface area contributed by atoms with E-state index in [2.05, 4.69) is 5.10 Å². The van der Waals surface area contributed by atoms with Crippen molar-refractivity contribution in [3.05, 3.63) is 46.5 Å². The monoisotopic (exact) mass is 254 g/mol. The predicted molar refractivity (Wildman–Crippen MR) is 63.7 cm³/mol. The van der Waals surface area contributed by atoms with Crippen LogP contribution in [-0.4, -0.2) is 9.78 Å². The Labute approximate surface area is 104 Å². The molecule has 0 aliphatic heterocycles. The molecule has 0 aliphatic rings. The molecule has 0 saturated carbocycles. The third-order valence-corrected chi connectivity index (χ3v) is 2.68. The molecule has 0 radical (unpaired) electrons. The Kier molecular flexibility index (Phi) is 3.33. The summed E-state index contributed by atoms with van der Waals surface area (Å²) in [6, 6.07) is 6.30. The van der Waals surface area contributed by atoms with E-state index >= 15 is 0 Å². The fourth-order valence-electron chi connectivity index (χ4n) is 1.52. The quantitative estimate of drug-likeness (QED) is 0.842. The highest BCUT2D eigenvalue weighted by Crippen LogP contribution is 2.21. The van der Waals surface area contributed by atoms with E-state index in [4.69, 9.17) is 16.3 Å². The number of rotatable bonds is 3. The van der Waals surface area contributed by atoms with Crippen molar-refractivity contribution in [1.82, 2.24) is 9.78 Å². The molecule has 0 spiro atoms. The van der Waals surface area contributed by atoms with Gasteiger partial charge in [-0.05, 0) is 25.1 Å². The number of halogens is 2. The van der Waals surface area contributed by atoms with Crippen molar-refractivity contribution < 1.29 is 9.13 Å². The summed E-state index contributed by atoms with van der Waals surface area (Å²) in [7, 11) is 1.84. The van der Waals surface area contributed by atoms with Gasteiger partial charge in [-0.3, -0.25) is 4.68 Å². The zero-order chi connectivity index (χ0) is 12.4. The largest absolute Gasteiger partial charge is 0.487 e. The van der Waals surface area contributed by atoms with Crippen LogP contribution in [0.3, 0.4) is 0 Å². The van der Waals surface area contributed by atoms with E-state index in [-0.39, 0.29) is 5.02 Å². The molecule has 17 heavy (non-hydrogen) atoms. The van der Waals surface area contributed by atoms with Crippen molar-refractivity contribution in [3.8, 4) is 5.75 Å². The van der Waals surface area contributed by atoms with Gasteiger partial charge in [0.05, 0.1) is 16.4 Å². The summed E-state index contributed by atoms with van der Waals surface area (Å²) in [5, 5.41) is 4.29. The van der Waals surface area contributed by atoms with Gasteiger partial charge in [0.2, 0.25) is 0 Å².